The molecule has 2 rings (SSSR count). The fourth-order valence-corrected chi connectivity index (χ4v) is 6.15. The Morgan fingerprint density at radius 1 is 1.44 bits per heavy atom. The first-order valence-corrected chi connectivity index (χ1v) is 9.34. The number of hydrogen-bond acceptors (Lipinski definition) is 5. The summed E-state index contributed by atoms with van der Waals surface area (Å²) in [6, 6.07) is 1.67. The van der Waals surface area contributed by atoms with E-state index in [2.05, 4.69) is 0 Å². The lowest BCUT2D eigenvalue weighted by molar-refractivity contribution is 0.440. The molecule has 0 atom stereocenters. The van der Waals surface area contributed by atoms with Crippen LogP contribution in [-0.4, -0.2) is 41.5 Å². The molecular weight excluding hydrogens is 292 g/mol. The maximum Gasteiger partial charge on any atom is 0.252 e. The molecule has 1 aliphatic heterocycles. The van der Waals surface area contributed by atoms with Gasteiger partial charge in [0.2, 0.25) is 0 Å². The van der Waals surface area contributed by atoms with Crippen LogP contribution < -0.4 is 5.73 Å². The van der Waals surface area contributed by atoms with E-state index in [1.54, 1.807) is 6.07 Å². The molecule has 1 aromatic rings. The van der Waals surface area contributed by atoms with Crippen molar-refractivity contribution in [2.75, 3.05) is 24.6 Å². The standard InChI is InChI=1S/C10H16N2O3S3/c1-8-6-10(16-9(8)7-11)18(14,15)12-2-4-17(13)5-3-12/h6H,2-5,7,11H2,1H3. The Hall–Kier alpha value is -0.280. The minimum atomic E-state index is -3.44. The third-order valence-corrected chi connectivity index (χ3v) is 7.80. The minimum Gasteiger partial charge on any atom is -0.326 e. The van der Waals surface area contributed by atoms with Crippen molar-refractivity contribution in [1.29, 1.82) is 0 Å². The van der Waals surface area contributed by atoms with Gasteiger partial charge in [-0.25, -0.2) is 8.42 Å². The first-order valence-electron chi connectivity index (χ1n) is 5.59. The monoisotopic (exact) mass is 308 g/mol. The summed E-state index contributed by atoms with van der Waals surface area (Å²) in [4.78, 5) is 0.897. The average Bonchev–Trinajstić information content (AvgIpc) is 2.72. The molecule has 0 saturated carbocycles. The molecule has 102 valence electrons. The highest BCUT2D eigenvalue weighted by molar-refractivity contribution is 7.91. The Labute approximate surface area is 113 Å². The third kappa shape index (κ3) is 2.67. The van der Waals surface area contributed by atoms with E-state index in [-0.39, 0.29) is 0 Å². The predicted octanol–water partition coefficient (Wildman–Crippen LogP) is 0.268. The lowest BCUT2D eigenvalue weighted by Crippen LogP contribution is -2.41. The zero-order valence-corrected chi connectivity index (χ0v) is 12.5. The molecule has 0 amide bonds. The van der Waals surface area contributed by atoms with Gasteiger partial charge in [0, 0.05) is 46.8 Å². The van der Waals surface area contributed by atoms with Crippen molar-refractivity contribution in [1.82, 2.24) is 4.31 Å². The van der Waals surface area contributed by atoms with E-state index >= 15 is 0 Å². The Bertz CT molecular complexity index is 555. The summed E-state index contributed by atoms with van der Waals surface area (Å²) in [6.45, 7) is 2.90. The van der Waals surface area contributed by atoms with E-state index in [0.717, 1.165) is 10.4 Å². The summed E-state index contributed by atoms with van der Waals surface area (Å²) in [5.41, 5.74) is 6.48. The van der Waals surface area contributed by atoms with Gasteiger partial charge in [0.05, 0.1) is 0 Å². The van der Waals surface area contributed by atoms with Crippen LogP contribution >= 0.6 is 11.3 Å². The number of hydrogen-bond donors (Lipinski definition) is 1. The van der Waals surface area contributed by atoms with E-state index in [9.17, 15) is 12.6 Å². The van der Waals surface area contributed by atoms with Gasteiger partial charge in [-0.15, -0.1) is 11.3 Å². The summed E-state index contributed by atoms with van der Waals surface area (Å²) in [5, 5.41) is 0. The molecule has 0 aromatic carbocycles. The van der Waals surface area contributed by atoms with Gasteiger partial charge < -0.3 is 5.73 Å². The van der Waals surface area contributed by atoms with Crippen LogP contribution in [-0.2, 0) is 27.4 Å². The van der Waals surface area contributed by atoms with Gasteiger partial charge in [-0.3, -0.25) is 4.21 Å². The zero-order chi connectivity index (χ0) is 13.3. The van der Waals surface area contributed by atoms with Crippen molar-refractivity contribution in [2.45, 2.75) is 17.7 Å². The van der Waals surface area contributed by atoms with Crippen molar-refractivity contribution >= 4 is 32.2 Å². The molecule has 8 heteroatoms. The number of sulfonamides is 1. The van der Waals surface area contributed by atoms with Crippen LogP contribution in [0.25, 0.3) is 0 Å². The Morgan fingerprint density at radius 3 is 2.56 bits per heavy atom. The normalized spacial score (nSPS) is 19.2. The van der Waals surface area contributed by atoms with Crippen molar-refractivity contribution in [3.05, 3.63) is 16.5 Å². The molecule has 2 N–H and O–H groups in total. The molecule has 5 nitrogen and oxygen atoms in total. The molecule has 1 saturated heterocycles. The number of aryl methyl sites for hydroxylation is 1. The van der Waals surface area contributed by atoms with E-state index in [4.69, 9.17) is 5.73 Å². The van der Waals surface area contributed by atoms with Crippen molar-refractivity contribution in [3.8, 4) is 0 Å². The Balaban J connectivity index is 2.27. The molecule has 0 radical (unpaired) electrons. The predicted molar refractivity (Wildman–Crippen MR) is 73.6 cm³/mol. The molecule has 0 spiro atoms. The first kappa shape index (κ1) is 14.1. The highest BCUT2D eigenvalue weighted by Gasteiger charge is 2.29. The van der Waals surface area contributed by atoms with E-state index < -0.39 is 20.8 Å². The number of rotatable bonds is 3. The highest BCUT2D eigenvalue weighted by atomic mass is 32.2. The Kier molecular flexibility index (Phi) is 4.22. The van der Waals surface area contributed by atoms with Gasteiger partial charge >= 0.3 is 0 Å². The van der Waals surface area contributed by atoms with E-state index in [0.29, 0.717) is 35.3 Å². The molecule has 18 heavy (non-hydrogen) atoms. The van der Waals surface area contributed by atoms with Gasteiger partial charge in [-0.2, -0.15) is 4.31 Å². The van der Waals surface area contributed by atoms with Gasteiger partial charge in [-0.05, 0) is 18.6 Å². The van der Waals surface area contributed by atoms with Crippen molar-refractivity contribution in [3.63, 3.8) is 0 Å². The number of thiophene rings is 1. The van der Waals surface area contributed by atoms with Crippen LogP contribution in [0.15, 0.2) is 10.3 Å². The lowest BCUT2D eigenvalue weighted by Gasteiger charge is -2.24. The van der Waals surface area contributed by atoms with Crippen molar-refractivity contribution < 1.29 is 12.6 Å². The van der Waals surface area contributed by atoms with Gasteiger partial charge in [0.15, 0.2) is 0 Å². The second-order valence-electron chi connectivity index (χ2n) is 4.13. The topological polar surface area (TPSA) is 80.5 Å². The summed E-state index contributed by atoms with van der Waals surface area (Å²) in [5.74, 6) is 0.848. The summed E-state index contributed by atoms with van der Waals surface area (Å²) < 4.78 is 37.8. The molecule has 0 unspecified atom stereocenters. The average molecular weight is 308 g/mol. The zero-order valence-electron chi connectivity index (χ0n) is 10.1. The maximum atomic E-state index is 12.4. The van der Waals surface area contributed by atoms with E-state index in [1.165, 1.54) is 15.6 Å². The van der Waals surface area contributed by atoms with Crippen LogP contribution in [0, 0.1) is 6.92 Å². The molecule has 1 aromatic heterocycles. The van der Waals surface area contributed by atoms with Crippen molar-refractivity contribution in [2.24, 2.45) is 5.73 Å². The van der Waals surface area contributed by atoms with Gasteiger partial charge in [0.25, 0.3) is 10.0 Å². The molecular formula is C10H16N2O3S3. The van der Waals surface area contributed by atoms with Crippen LogP contribution in [0.1, 0.15) is 10.4 Å². The second-order valence-corrected chi connectivity index (χ2v) is 9.13. The Morgan fingerprint density at radius 2 is 2.06 bits per heavy atom. The molecule has 2 heterocycles. The fraction of sp³-hybridized carbons (Fsp3) is 0.600. The molecule has 0 aliphatic carbocycles. The van der Waals surface area contributed by atoms with Gasteiger partial charge in [0.1, 0.15) is 4.21 Å². The summed E-state index contributed by atoms with van der Waals surface area (Å²) in [6.07, 6.45) is 0. The minimum absolute atomic E-state index is 0.337. The fourth-order valence-electron chi connectivity index (χ4n) is 1.81. The first-order chi connectivity index (χ1) is 8.45. The quantitative estimate of drug-likeness (QED) is 0.869. The van der Waals surface area contributed by atoms with E-state index in [1.807, 2.05) is 6.92 Å². The van der Waals surface area contributed by atoms with Crippen LogP contribution in [0.5, 0.6) is 0 Å². The summed E-state index contributed by atoms with van der Waals surface area (Å²) in [7, 11) is -4.31. The largest absolute Gasteiger partial charge is 0.326 e. The smallest absolute Gasteiger partial charge is 0.252 e. The molecule has 1 fully saturated rings. The lowest BCUT2D eigenvalue weighted by atomic mass is 10.3. The summed E-state index contributed by atoms with van der Waals surface area (Å²) >= 11 is 1.23. The second kappa shape index (κ2) is 5.38. The SMILES string of the molecule is Cc1cc(S(=O)(=O)N2CCS(=O)CC2)sc1CN. The van der Waals surface area contributed by atoms with Gasteiger partial charge in [-0.1, -0.05) is 0 Å². The number of nitrogens with zero attached hydrogens (tertiary/aromatic N) is 1. The number of nitrogens with two attached hydrogens (primary N) is 1. The van der Waals surface area contributed by atoms with Crippen LogP contribution in [0.2, 0.25) is 0 Å². The third-order valence-electron chi connectivity index (χ3n) is 2.91. The molecule has 1 aliphatic rings. The highest BCUT2D eigenvalue weighted by Crippen LogP contribution is 2.28. The van der Waals surface area contributed by atoms with Crippen LogP contribution in [0.3, 0.4) is 0 Å². The van der Waals surface area contributed by atoms with Crippen LogP contribution in [0.4, 0.5) is 0 Å². The maximum absolute atomic E-state index is 12.4. The molecule has 0 bridgehead atoms.